The van der Waals surface area contributed by atoms with E-state index in [0.29, 0.717) is 29.8 Å². The molecule has 8 nitrogen and oxygen atoms in total. The molecule has 0 radical (unpaired) electrons. The van der Waals surface area contributed by atoms with Crippen molar-refractivity contribution < 1.29 is 4.79 Å². The average Bonchev–Trinajstić information content (AvgIpc) is 3.23. The Labute approximate surface area is 162 Å². The van der Waals surface area contributed by atoms with Gasteiger partial charge in [-0.2, -0.15) is 15.0 Å². The van der Waals surface area contributed by atoms with Crippen molar-refractivity contribution in [3.8, 4) is 5.69 Å². The highest BCUT2D eigenvalue weighted by Crippen LogP contribution is 2.36. The van der Waals surface area contributed by atoms with Crippen LogP contribution in [0.5, 0.6) is 0 Å². The van der Waals surface area contributed by atoms with Crippen LogP contribution in [0.2, 0.25) is 0 Å². The quantitative estimate of drug-likeness (QED) is 0.693. The first-order chi connectivity index (χ1) is 13.7. The van der Waals surface area contributed by atoms with E-state index in [0.717, 1.165) is 31.0 Å². The predicted molar refractivity (Wildman–Crippen MR) is 103 cm³/mol. The minimum Gasteiger partial charge on any atom is -0.350 e. The van der Waals surface area contributed by atoms with E-state index in [1.807, 2.05) is 42.3 Å². The molecule has 0 N–H and O–H groups in total. The molecule has 0 aliphatic carbocycles. The number of rotatable bonds is 3. The van der Waals surface area contributed by atoms with Gasteiger partial charge in [0.2, 0.25) is 0 Å². The van der Waals surface area contributed by atoms with Crippen molar-refractivity contribution in [2.75, 3.05) is 24.5 Å². The second-order valence-corrected chi connectivity index (χ2v) is 7.37. The normalized spacial score (nSPS) is 21.2. The summed E-state index contributed by atoms with van der Waals surface area (Å²) in [5, 5.41) is 8.37. The Hall–Kier alpha value is -3.29. The van der Waals surface area contributed by atoms with Gasteiger partial charge in [-0.3, -0.25) is 9.78 Å². The largest absolute Gasteiger partial charge is 0.350 e. The number of hydrogen-bond donors (Lipinski definition) is 0. The molecule has 0 spiro atoms. The number of aryl methyl sites for hydroxylation is 1. The molecule has 2 aromatic heterocycles. The van der Waals surface area contributed by atoms with E-state index in [2.05, 4.69) is 25.1 Å². The van der Waals surface area contributed by atoms with Crippen LogP contribution in [0.25, 0.3) is 5.69 Å². The second kappa shape index (κ2) is 6.70. The summed E-state index contributed by atoms with van der Waals surface area (Å²) in [6.45, 7) is 4.40. The molecular formula is C20H21N7O. The van der Waals surface area contributed by atoms with Crippen LogP contribution in [0, 0.1) is 12.8 Å². The van der Waals surface area contributed by atoms with E-state index in [-0.39, 0.29) is 5.91 Å². The summed E-state index contributed by atoms with van der Waals surface area (Å²) in [4.78, 5) is 27.9. The summed E-state index contributed by atoms with van der Waals surface area (Å²) in [6.07, 6.45) is 7.80. The molecule has 5 rings (SSSR count). The van der Waals surface area contributed by atoms with Crippen LogP contribution < -0.4 is 4.90 Å². The Kier molecular flexibility index (Phi) is 4.03. The fourth-order valence-corrected chi connectivity index (χ4v) is 4.17. The van der Waals surface area contributed by atoms with Crippen molar-refractivity contribution in [2.45, 2.75) is 19.4 Å². The maximum atomic E-state index is 13.3. The van der Waals surface area contributed by atoms with Crippen LogP contribution in [0.15, 0.2) is 49.1 Å². The van der Waals surface area contributed by atoms with Gasteiger partial charge in [-0.15, -0.1) is 0 Å². The molecule has 8 heteroatoms. The van der Waals surface area contributed by atoms with Gasteiger partial charge < -0.3 is 9.80 Å². The molecule has 0 unspecified atom stereocenters. The fraction of sp³-hybridized carbons (Fsp3) is 0.350. The highest BCUT2D eigenvalue weighted by molar-refractivity contribution is 5.97. The van der Waals surface area contributed by atoms with Crippen molar-refractivity contribution in [1.29, 1.82) is 0 Å². The summed E-state index contributed by atoms with van der Waals surface area (Å²) in [5.74, 6) is 1.53. The van der Waals surface area contributed by atoms with Gasteiger partial charge in [0, 0.05) is 31.7 Å². The molecule has 4 heterocycles. The molecule has 0 saturated carbocycles. The zero-order valence-electron chi connectivity index (χ0n) is 15.6. The molecule has 28 heavy (non-hydrogen) atoms. The van der Waals surface area contributed by atoms with E-state index >= 15 is 0 Å². The van der Waals surface area contributed by atoms with Crippen molar-refractivity contribution in [1.82, 2.24) is 29.9 Å². The van der Waals surface area contributed by atoms with Crippen LogP contribution in [0.4, 0.5) is 5.82 Å². The Morgan fingerprint density at radius 1 is 1.11 bits per heavy atom. The zero-order chi connectivity index (χ0) is 19.1. The molecule has 3 aromatic rings. The molecule has 142 valence electrons. The van der Waals surface area contributed by atoms with Crippen molar-refractivity contribution in [2.24, 2.45) is 5.92 Å². The summed E-state index contributed by atoms with van der Waals surface area (Å²) in [6, 6.07) is 7.79. The standard InChI is InChI=1S/C20H21N7O/c1-14-10-21-11-19(24-14)26-12-15-6-9-25(13-18(15)26)20(28)16-4-2-3-5-17(16)27-22-7-8-23-27/h2-5,7-8,10-11,15,18H,6,9,12-13H2,1H3/t15-,18-/m0/s1. The SMILES string of the molecule is Cc1cncc(N2C[C@@H]3CCN(C(=O)c4ccccc4-n4nccn4)C[C@@H]32)n1. The summed E-state index contributed by atoms with van der Waals surface area (Å²) in [5.41, 5.74) is 2.23. The molecule has 2 aliphatic heterocycles. The second-order valence-electron chi connectivity index (χ2n) is 7.37. The Bertz CT molecular complexity index is 1000. The van der Waals surface area contributed by atoms with Gasteiger partial charge in [0.1, 0.15) is 5.82 Å². The number of hydrogen-bond acceptors (Lipinski definition) is 6. The van der Waals surface area contributed by atoms with Crippen LogP contribution >= 0.6 is 0 Å². The van der Waals surface area contributed by atoms with E-state index in [1.165, 1.54) is 4.80 Å². The summed E-state index contributed by atoms with van der Waals surface area (Å²) in [7, 11) is 0. The lowest BCUT2D eigenvalue weighted by Crippen LogP contribution is -2.65. The van der Waals surface area contributed by atoms with Crippen molar-refractivity contribution in [3.63, 3.8) is 0 Å². The Balaban J connectivity index is 1.38. The maximum Gasteiger partial charge on any atom is 0.256 e. The van der Waals surface area contributed by atoms with Crippen molar-refractivity contribution in [3.05, 3.63) is 60.3 Å². The number of amides is 1. The molecule has 2 atom stereocenters. The third kappa shape index (κ3) is 2.81. The van der Waals surface area contributed by atoms with Gasteiger partial charge in [-0.25, -0.2) is 4.98 Å². The van der Waals surface area contributed by atoms with Gasteiger partial charge in [-0.05, 0) is 25.5 Å². The summed E-state index contributed by atoms with van der Waals surface area (Å²) < 4.78 is 0. The van der Waals surface area contributed by atoms with Crippen molar-refractivity contribution >= 4 is 11.7 Å². The lowest BCUT2D eigenvalue weighted by molar-refractivity contribution is 0.0590. The number of piperidine rings is 1. The van der Waals surface area contributed by atoms with Gasteiger partial charge in [0.05, 0.1) is 41.6 Å². The molecule has 2 fully saturated rings. The highest BCUT2D eigenvalue weighted by atomic mass is 16.2. The minimum atomic E-state index is 0.0218. The van der Waals surface area contributed by atoms with Gasteiger partial charge >= 0.3 is 0 Å². The summed E-state index contributed by atoms with van der Waals surface area (Å²) >= 11 is 0. The van der Waals surface area contributed by atoms with Crippen LogP contribution in [-0.4, -0.2) is 61.4 Å². The first-order valence-corrected chi connectivity index (χ1v) is 9.51. The number of benzene rings is 1. The van der Waals surface area contributed by atoms with Gasteiger partial charge in [0.25, 0.3) is 5.91 Å². The number of fused-ring (bicyclic) bond motifs is 1. The van der Waals surface area contributed by atoms with Gasteiger partial charge in [0.15, 0.2) is 0 Å². The molecule has 2 aliphatic rings. The smallest absolute Gasteiger partial charge is 0.256 e. The number of carbonyl (C=O) groups is 1. The number of likely N-dealkylation sites (tertiary alicyclic amines) is 1. The number of anilines is 1. The van der Waals surface area contributed by atoms with Gasteiger partial charge in [-0.1, -0.05) is 12.1 Å². The highest BCUT2D eigenvalue weighted by Gasteiger charge is 2.44. The first-order valence-electron chi connectivity index (χ1n) is 9.51. The third-order valence-electron chi connectivity index (χ3n) is 5.65. The average molecular weight is 375 g/mol. The zero-order valence-corrected chi connectivity index (χ0v) is 15.6. The van der Waals surface area contributed by atoms with E-state index < -0.39 is 0 Å². The number of aromatic nitrogens is 5. The van der Waals surface area contributed by atoms with Crippen LogP contribution in [0.1, 0.15) is 22.5 Å². The number of para-hydroxylation sites is 1. The third-order valence-corrected chi connectivity index (χ3v) is 5.65. The van der Waals surface area contributed by atoms with E-state index in [9.17, 15) is 4.79 Å². The molecule has 0 bridgehead atoms. The lowest BCUT2D eigenvalue weighted by atomic mass is 9.82. The Morgan fingerprint density at radius 2 is 1.93 bits per heavy atom. The maximum absolute atomic E-state index is 13.3. The van der Waals surface area contributed by atoms with E-state index in [1.54, 1.807) is 18.6 Å². The van der Waals surface area contributed by atoms with E-state index in [4.69, 9.17) is 0 Å². The number of nitrogens with zero attached hydrogens (tertiary/aromatic N) is 7. The lowest BCUT2D eigenvalue weighted by Gasteiger charge is -2.53. The van der Waals surface area contributed by atoms with Crippen LogP contribution in [0.3, 0.4) is 0 Å². The first kappa shape index (κ1) is 16.9. The predicted octanol–water partition coefficient (Wildman–Crippen LogP) is 1.72. The molecule has 1 amide bonds. The molecule has 2 saturated heterocycles. The topological polar surface area (TPSA) is 80.0 Å². The fourth-order valence-electron chi connectivity index (χ4n) is 4.17. The Morgan fingerprint density at radius 3 is 2.75 bits per heavy atom. The van der Waals surface area contributed by atoms with Crippen LogP contribution in [-0.2, 0) is 0 Å². The molecular weight excluding hydrogens is 354 g/mol. The monoisotopic (exact) mass is 375 g/mol. The minimum absolute atomic E-state index is 0.0218. The molecule has 1 aromatic carbocycles. The number of carbonyl (C=O) groups excluding carboxylic acids is 1.